The number of hydrogen-bond donors (Lipinski definition) is 1. The maximum atomic E-state index is 11.2. The van der Waals surface area contributed by atoms with Crippen molar-refractivity contribution in [3.63, 3.8) is 0 Å². The molecular formula is C16H23NO2. The van der Waals surface area contributed by atoms with Crippen molar-refractivity contribution in [1.82, 2.24) is 5.32 Å². The first-order chi connectivity index (χ1) is 9.29. The molecule has 1 unspecified atom stereocenters. The second kappa shape index (κ2) is 7.29. The molecule has 1 aromatic rings. The van der Waals surface area contributed by atoms with Crippen molar-refractivity contribution >= 4 is 5.97 Å². The first-order valence-electron chi connectivity index (χ1n) is 7.25. The third kappa shape index (κ3) is 4.35. The van der Waals surface area contributed by atoms with Crippen molar-refractivity contribution in [2.45, 2.75) is 45.1 Å². The largest absolute Gasteiger partial charge is 0.466 e. The summed E-state index contributed by atoms with van der Waals surface area (Å²) in [7, 11) is 0. The Hall–Kier alpha value is -1.35. The number of ether oxygens (including phenoxy) is 1. The van der Waals surface area contributed by atoms with E-state index in [0.29, 0.717) is 19.1 Å². The number of fused-ring (bicyclic) bond motifs is 1. The first-order valence-corrected chi connectivity index (χ1v) is 7.25. The highest BCUT2D eigenvalue weighted by Gasteiger charge is 2.17. The number of aryl methyl sites for hydroxylation is 1. The van der Waals surface area contributed by atoms with E-state index in [4.69, 9.17) is 4.74 Å². The molecule has 0 radical (unpaired) electrons. The molecule has 19 heavy (non-hydrogen) atoms. The molecular weight excluding hydrogens is 238 g/mol. The minimum absolute atomic E-state index is 0.0849. The van der Waals surface area contributed by atoms with Gasteiger partial charge in [-0.25, -0.2) is 0 Å². The third-order valence-corrected chi connectivity index (χ3v) is 3.64. The molecule has 104 valence electrons. The van der Waals surface area contributed by atoms with Gasteiger partial charge in [-0.05, 0) is 50.3 Å². The monoisotopic (exact) mass is 261 g/mol. The van der Waals surface area contributed by atoms with Crippen molar-refractivity contribution in [2.24, 2.45) is 0 Å². The van der Waals surface area contributed by atoms with E-state index in [2.05, 4.69) is 29.6 Å². The van der Waals surface area contributed by atoms with Crippen LogP contribution in [0.1, 0.15) is 37.3 Å². The normalized spacial score (nSPS) is 17.8. The van der Waals surface area contributed by atoms with Crippen LogP contribution >= 0.6 is 0 Å². The number of nitrogens with one attached hydrogen (secondary N) is 1. The minimum Gasteiger partial charge on any atom is -0.466 e. The number of benzene rings is 1. The quantitative estimate of drug-likeness (QED) is 0.631. The molecule has 1 aliphatic rings. The van der Waals surface area contributed by atoms with Gasteiger partial charge in [0.25, 0.3) is 0 Å². The van der Waals surface area contributed by atoms with Crippen LogP contribution in [0.4, 0.5) is 0 Å². The van der Waals surface area contributed by atoms with Crippen molar-refractivity contribution in [3.05, 3.63) is 35.4 Å². The molecule has 0 fully saturated rings. The van der Waals surface area contributed by atoms with Crippen LogP contribution in [0, 0.1) is 0 Å². The molecule has 0 aromatic heterocycles. The Morgan fingerprint density at radius 3 is 2.95 bits per heavy atom. The zero-order valence-electron chi connectivity index (χ0n) is 11.7. The summed E-state index contributed by atoms with van der Waals surface area (Å²) in [5.74, 6) is -0.0849. The Morgan fingerprint density at radius 1 is 1.37 bits per heavy atom. The van der Waals surface area contributed by atoms with Gasteiger partial charge in [0.05, 0.1) is 6.61 Å². The summed E-state index contributed by atoms with van der Waals surface area (Å²) in [6, 6.07) is 9.24. The zero-order valence-corrected chi connectivity index (χ0v) is 11.7. The average Bonchev–Trinajstić information content (AvgIpc) is 2.44. The molecule has 1 aromatic carbocycles. The van der Waals surface area contributed by atoms with Gasteiger partial charge in [0, 0.05) is 12.5 Å². The first kappa shape index (κ1) is 14.1. The van der Waals surface area contributed by atoms with Gasteiger partial charge in [0.2, 0.25) is 0 Å². The molecule has 0 bridgehead atoms. The highest BCUT2D eigenvalue weighted by atomic mass is 16.5. The highest BCUT2D eigenvalue weighted by Crippen LogP contribution is 2.20. The van der Waals surface area contributed by atoms with Crippen molar-refractivity contribution in [2.75, 3.05) is 13.2 Å². The van der Waals surface area contributed by atoms with E-state index >= 15 is 0 Å². The molecule has 0 amide bonds. The van der Waals surface area contributed by atoms with E-state index < -0.39 is 0 Å². The number of rotatable bonds is 6. The summed E-state index contributed by atoms with van der Waals surface area (Å²) in [5.41, 5.74) is 2.96. The van der Waals surface area contributed by atoms with Gasteiger partial charge in [-0.3, -0.25) is 4.79 Å². The number of esters is 1. The van der Waals surface area contributed by atoms with E-state index in [1.54, 1.807) is 0 Å². The average molecular weight is 261 g/mol. The predicted octanol–water partition coefficient (Wildman–Crippen LogP) is 2.48. The molecule has 0 heterocycles. The van der Waals surface area contributed by atoms with Crippen molar-refractivity contribution in [3.8, 4) is 0 Å². The van der Waals surface area contributed by atoms with E-state index in [-0.39, 0.29) is 5.97 Å². The van der Waals surface area contributed by atoms with Gasteiger partial charge < -0.3 is 10.1 Å². The molecule has 0 saturated carbocycles. The maximum Gasteiger partial charge on any atom is 0.305 e. The molecule has 0 spiro atoms. The lowest BCUT2D eigenvalue weighted by molar-refractivity contribution is -0.143. The fraction of sp³-hybridized carbons (Fsp3) is 0.562. The number of hydrogen-bond acceptors (Lipinski definition) is 3. The van der Waals surface area contributed by atoms with Crippen molar-refractivity contribution < 1.29 is 9.53 Å². The Bertz CT molecular complexity index is 417. The van der Waals surface area contributed by atoms with Gasteiger partial charge in [-0.2, -0.15) is 0 Å². The van der Waals surface area contributed by atoms with Crippen LogP contribution in [0.15, 0.2) is 24.3 Å². The summed E-state index contributed by atoms with van der Waals surface area (Å²) >= 11 is 0. The van der Waals surface area contributed by atoms with Crippen LogP contribution < -0.4 is 5.32 Å². The van der Waals surface area contributed by atoms with Crippen LogP contribution in [0.5, 0.6) is 0 Å². The molecule has 1 atom stereocenters. The SMILES string of the molecule is CCOC(=O)CCCNC1CCc2ccccc2C1. The lowest BCUT2D eigenvalue weighted by Crippen LogP contribution is -2.35. The van der Waals surface area contributed by atoms with Crippen LogP contribution in [-0.4, -0.2) is 25.2 Å². The summed E-state index contributed by atoms with van der Waals surface area (Å²) in [6.45, 7) is 3.22. The van der Waals surface area contributed by atoms with Gasteiger partial charge in [-0.15, -0.1) is 0 Å². The van der Waals surface area contributed by atoms with Crippen LogP contribution in [0.2, 0.25) is 0 Å². The van der Waals surface area contributed by atoms with E-state index in [1.807, 2.05) is 6.92 Å². The molecule has 1 N–H and O–H groups in total. The van der Waals surface area contributed by atoms with Gasteiger partial charge >= 0.3 is 5.97 Å². The smallest absolute Gasteiger partial charge is 0.305 e. The maximum absolute atomic E-state index is 11.2. The van der Waals surface area contributed by atoms with Gasteiger partial charge in [-0.1, -0.05) is 24.3 Å². The predicted molar refractivity (Wildman–Crippen MR) is 76.1 cm³/mol. The Morgan fingerprint density at radius 2 is 2.16 bits per heavy atom. The van der Waals surface area contributed by atoms with Crippen molar-refractivity contribution in [1.29, 1.82) is 0 Å². The van der Waals surface area contributed by atoms with E-state index in [1.165, 1.54) is 17.5 Å². The highest BCUT2D eigenvalue weighted by molar-refractivity contribution is 5.69. The molecule has 1 aliphatic carbocycles. The summed E-state index contributed by atoms with van der Waals surface area (Å²) < 4.78 is 4.91. The van der Waals surface area contributed by atoms with Crippen LogP contribution in [0.3, 0.4) is 0 Å². The number of carbonyl (C=O) groups excluding carboxylic acids is 1. The van der Waals surface area contributed by atoms with Gasteiger partial charge in [0.1, 0.15) is 0 Å². The van der Waals surface area contributed by atoms with Crippen LogP contribution in [-0.2, 0) is 22.4 Å². The van der Waals surface area contributed by atoms with Gasteiger partial charge in [0.15, 0.2) is 0 Å². The van der Waals surface area contributed by atoms with Crippen LogP contribution in [0.25, 0.3) is 0 Å². The standard InChI is InChI=1S/C16H23NO2/c1-2-19-16(18)8-5-11-17-15-10-9-13-6-3-4-7-14(13)12-15/h3-4,6-7,15,17H,2,5,8-12H2,1H3. The number of carbonyl (C=O) groups is 1. The topological polar surface area (TPSA) is 38.3 Å². The fourth-order valence-electron chi connectivity index (χ4n) is 2.64. The second-order valence-corrected chi connectivity index (χ2v) is 5.07. The molecule has 0 saturated heterocycles. The van der Waals surface area contributed by atoms with E-state index in [0.717, 1.165) is 25.8 Å². The second-order valence-electron chi connectivity index (χ2n) is 5.07. The Kier molecular flexibility index (Phi) is 5.40. The van der Waals surface area contributed by atoms with E-state index in [9.17, 15) is 4.79 Å². The summed E-state index contributed by atoms with van der Waals surface area (Å²) in [4.78, 5) is 11.2. The molecule has 2 rings (SSSR count). The Balaban J connectivity index is 1.67. The lowest BCUT2D eigenvalue weighted by Gasteiger charge is -2.25. The third-order valence-electron chi connectivity index (χ3n) is 3.64. The minimum atomic E-state index is -0.0849. The molecule has 0 aliphatic heterocycles. The lowest BCUT2D eigenvalue weighted by atomic mass is 9.88. The Labute approximate surface area is 115 Å². The summed E-state index contributed by atoms with van der Waals surface area (Å²) in [5, 5.41) is 3.55. The molecule has 3 heteroatoms. The zero-order chi connectivity index (χ0) is 13.5. The molecule has 3 nitrogen and oxygen atoms in total. The fourth-order valence-corrected chi connectivity index (χ4v) is 2.64. The summed E-state index contributed by atoms with van der Waals surface area (Å²) in [6.07, 6.45) is 4.83.